The van der Waals surface area contributed by atoms with Gasteiger partial charge in [-0.3, -0.25) is 4.79 Å². The molecule has 1 saturated heterocycles. The molecular formula is C20H26N2O4. The summed E-state index contributed by atoms with van der Waals surface area (Å²) in [6, 6.07) is 11.3. The minimum atomic E-state index is -0.0814. The van der Waals surface area contributed by atoms with Crippen molar-refractivity contribution >= 4 is 5.91 Å². The van der Waals surface area contributed by atoms with E-state index in [-0.39, 0.29) is 12.0 Å². The maximum atomic E-state index is 12.8. The molecule has 3 rings (SSSR count). The predicted molar refractivity (Wildman–Crippen MR) is 98.0 cm³/mol. The number of amides is 1. The lowest BCUT2D eigenvalue weighted by Crippen LogP contribution is -2.41. The van der Waals surface area contributed by atoms with Gasteiger partial charge in [-0.25, -0.2) is 0 Å². The molecule has 2 heterocycles. The lowest BCUT2D eigenvalue weighted by molar-refractivity contribution is 0.00756. The summed E-state index contributed by atoms with van der Waals surface area (Å²) in [5.74, 6) is 1.05. The normalized spacial score (nSPS) is 15.2. The molecule has 0 radical (unpaired) electrons. The molecule has 1 aromatic heterocycles. The van der Waals surface area contributed by atoms with E-state index >= 15 is 0 Å². The molecular weight excluding hydrogens is 332 g/mol. The molecule has 0 atom stereocenters. The van der Waals surface area contributed by atoms with Crippen LogP contribution in [0, 0.1) is 0 Å². The van der Waals surface area contributed by atoms with Crippen LogP contribution in [-0.4, -0.2) is 43.2 Å². The third-order valence-corrected chi connectivity index (χ3v) is 4.51. The monoisotopic (exact) mass is 358 g/mol. The van der Waals surface area contributed by atoms with E-state index in [1.165, 1.54) is 0 Å². The number of likely N-dealkylation sites (tertiary alicyclic amines) is 1. The van der Waals surface area contributed by atoms with Crippen LogP contribution < -0.4 is 10.5 Å². The van der Waals surface area contributed by atoms with Gasteiger partial charge in [-0.05, 0) is 44.0 Å². The number of carbonyl (C=O) groups excluding carboxylic acids is 1. The summed E-state index contributed by atoms with van der Waals surface area (Å²) in [4.78, 5) is 14.6. The van der Waals surface area contributed by atoms with E-state index in [4.69, 9.17) is 19.6 Å². The molecule has 6 heteroatoms. The summed E-state index contributed by atoms with van der Waals surface area (Å²) in [7, 11) is 0. The molecule has 6 nitrogen and oxygen atoms in total. The first-order valence-electron chi connectivity index (χ1n) is 9.13. The number of nitrogens with two attached hydrogens (primary N) is 1. The molecule has 1 aliphatic rings. The number of para-hydroxylation sites is 1. The number of hydrogen-bond acceptors (Lipinski definition) is 5. The molecule has 2 N–H and O–H groups in total. The van der Waals surface area contributed by atoms with E-state index in [1.54, 1.807) is 12.3 Å². The van der Waals surface area contributed by atoms with Crippen LogP contribution in [0.15, 0.2) is 47.1 Å². The van der Waals surface area contributed by atoms with E-state index in [0.29, 0.717) is 38.6 Å². The van der Waals surface area contributed by atoms with Crippen molar-refractivity contribution in [1.82, 2.24) is 4.90 Å². The van der Waals surface area contributed by atoms with Gasteiger partial charge in [-0.1, -0.05) is 18.2 Å². The third-order valence-electron chi connectivity index (χ3n) is 4.51. The molecule has 1 aromatic carbocycles. The maximum absolute atomic E-state index is 12.8. The van der Waals surface area contributed by atoms with Crippen molar-refractivity contribution < 1.29 is 18.7 Å². The Morgan fingerprint density at radius 2 is 1.96 bits per heavy atom. The van der Waals surface area contributed by atoms with Gasteiger partial charge in [0.15, 0.2) is 5.76 Å². The average molecular weight is 358 g/mol. The minimum absolute atomic E-state index is 0.0814. The van der Waals surface area contributed by atoms with Crippen molar-refractivity contribution in [2.24, 2.45) is 5.73 Å². The smallest absolute Gasteiger partial charge is 0.289 e. The predicted octanol–water partition coefficient (Wildman–Crippen LogP) is 2.83. The molecule has 0 bridgehead atoms. The van der Waals surface area contributed by atoms with Crippen molar-refractivity contribution in [1.29, 1.82) is 0 Å². The van der Waals surface area contributed by atoms with Crippen molar-refractivity contribution in [3.05, 3.63) is 54.0 Å². The average Bonchev–Trinajstić information content (AvgIpc) is 3.16. The molecule has 26 heavy (non-hydrogen) atoms. The van der Waals surface area contributed by atoms with Gasteiger partial charge >= 0.3 is 0 Å². The number of rotatable bonds is 8. The largest absolute Gasteiger partial charge is 0.489 e. The third kappa shape index (κ3) is 4.86. The highest BCUT2D eigenvalue weighted by molar-refractivity contribution is 5.93. The highest BCUT2D eigenvalue weighted by atomic mass is 16.5. The zero-order chi connectivity index (χ0) is 18.2. The summed E-state index contributed by atoms with van der Waals surface area (Å²) in [5.41, 5.74) is 6.25. The van der Waals surface area contributed by atoms with E-state index in [9.17, 15) is 4.79 Å². The Morgan fingerprint density at radius 1 is 1.19 bits per heavy atom. The molecule has 0 aliphatic carbocycles. The quantitative estimate of drug-likeness (QED) is 0.734. The fraction of sp³-hybridized carbons (Fsp3) is 0.450. The van der Waals surface area contributed by atoms with Gasteiger partial charge in [0.25, 0.3) is 5.91 Å². The van der Waals surface area contributed by atoms with Crippen LogP contribution >= 0.6 is 0 Å². The molecule has 1 amide bonds. The lowest BCUT2D eigenvalue weighted by atomic mass is 10.1. The van der Waals surface area contributed by atoms with Crippen molar-refractivity contribution in [3.63, 3.8) is 0 Å². The SMILES string of the molecule is NCCCOC1CCN(C(=O)c2occc2COc2ccccc2)CC1. The van der Waals surface area contributed by atoms with Gasteiger partial charge in [-0.15, -0.1) is 0 Å². The summed E-state index contributed by atoms with van der Waals surface area (Å²) < 4.78 is 17.0. The van der Waals surface area contributed by atoms with E-state index in [0.717, 1.165) is 30.6 Å². The Labute approximate surface area is 153 Å². The number of hydrogen-bond donors (Lipinski definition) is 1. The zero-order valence-corrected chi connectivity index (χ0v) is 14.9. The fourth-order valence-corrected chi connectivity index (χ4v) is 3.02. The van der Waals surface area contributed by atoms with Gasteiger partial charge in [-0.2, -0.15) is 0 Å². The summed E-state index contributed by atoms with van der Waals surface area (Å²) in [6.45, 7) is 2.98. The van der Waals surface area contributed by atoms with Crippen LogP contribution in [0.25, 0.3) is 0 Å². The van der Waals surface area contributed by atoms with Crippen molar-refractivity contribution in [2.45, 2.75) is 32.0 Å². The second-order valence-electron chi connectivity index (χ2n) is 6.38. The standard InChI is InChI=1S/C20H26N2O4/c21-10-4-13-24-18-7-11-22(12-8-18)20(23)19-16(9-14-25-19)15-26-17-5-2-1-3-6-17/h1-3,5-6,9,14,18H,4,7-8,10-13,15,21H2. The Balaban J connectivity index is 1.52. The number of furan rings is 1. The van der Waals surface area contributed by atoms with Crippen LogP contribution in [0.2, 0.25) is 0 Å². The number of piperidine rings is 1. The molecule has 0 saturated carbocycles. The first-order chi connectivity index (χ1) is 12.8. The highest BCUT2D eigenvalue weighted by Crippen LogP contribution is 2.20. The molecule has 1 fully saturated rings. The maximum Gasteiger partial charge on any atom is 0.289 e. The fourth-order valence-electron chi connectivity index (χ4n) is 3.02. The van der Waals surface area contributed by atoms with E-state index < -0.39 is 0 Å². The molecule has 140 valence electrons. The van der Waals surface area contributed by atoms with Gasteiger partial charge in [0, 0.05) is 25.3 Å². The van der Waals surface area contributed by atoms with Crippen LogP contribution in [0.3, 0.4) is 0 Å². The highest BCUT2D eigenvalue weighted by Gasteiger charge is 2.27. The van der Waals surface area contributed by atoms with Crippen LogP contribution in [0.1, 0.15) is 35.4 Å². The van der Waals surface area contributed by atoms with Crippen LogP contribution in [-0.2, 0) is 11.3 Å². The van der Waals surface area contributed by atoms with Gasteiger partial charge in [0.1, 0.15) is 12.4 Å². The molecule has 1 aliphatic heterocycles. The van der Waals surface area contributed by atoms with E-state index in [1.807, 2.05) is 35.2 Å². The summed E-state index contributed by atoms with van der Waals surface area (Å²) >= 11 is 0. The minimum Gasteiger partial charge on any atom is -0.489 e. The molecule has 0 unspecified atom stereocenters. The Hall–Kier alpha value is -2.31. The molecule has 0 spiro atoms. The Morgan fingerprint density at radius 3 is 2.69 bits per heavy atom. The number of nitrogens with zero attached hydrogens (tertiary/aromatic N) is 1. The van der Waals surface area contributed by atoms with Gasteiger partial charge in [0.2, 0.25) is 0 Å². The first-order valence-corrected chi connectivity index (χ1v) is 9.13. The van der Waals surface area contributed by atoms with E-state index in [2.05, 4.69) is 0 Å². The van der Waals surface area contributed by atoms with Gasteiger partial charge in [0.05, 0.1) is 12.4 Å². The van der Waals surface area contributed by atoms with Crippen molar-refractivity contribution in [2.75, 3.05) is 26.2 Å². The van der Waals surface area contributed by atoms with Gasteiger partial charge < -0.3 is 24.5 Å². The first kappa shape index (κ1) is 18.5. The Kier molecular flexibility index (Phi) is 6.68. The van der Waals surface area contributed by atoms with Crippen molar-refractivity contribution in [3.8, 4) is 5.75 Å². The number of benzene rings is 1. The zero-order valence-electron chi connectivity index (χ0n) is 14.9. The second-order valence-corrected chi connectivity index (χ2v) is 6.38. The van der Waals surface area contributed by atoms with Crippen LogP contribution in [0.4, 0.5) is 0 Å². The topological polar surface area (TPSA) is 77.9 Å². The number of carbonyl (C=O) groups is 1. The Bertz CT molecular complexity index is 678. The lowest BCUT2D eigenvalue weighted by Gasteiger charge is -2.31. The summed E-state index contributed by atoms with van der Waals surface area (Å²) in [5, 5.41) is 0. The second kappa shape index (κ2) is 9.40. The summed E-state index contributed by atoms with van der Waals surface area (Å²) in [6.07, 6.45) is 4.30. The molecule has 2 aromatic rings. The van der Waals surface area contributed by atoms with Crippen LogP contribution in [0.5, 0.6) is 5.75 Å². The number of ether oxygens (including phenoxy) is 2.